The first-order valence-corrected chi connectivity index (χ1v) is 9.13. The second kappa shape index (κ2) is 8.28. The smallest absolute Gasteiger partial charge is 0.0410 e. The molecule has 19 heavy (non-hydrogen) atoms. The molecule has 0 saturated carbocycles. The summed E-state index contributed by atoms with van der Waals surface area (Å²) in [6, 6.07) is 2.78. The largest absolute Gasteiger partial charge is 0.314 e. The zero-order valence-corrected chi connectivity index (χ0v) is 14.0. The molecule has 0 bridgehead atoms. The van der Waals surface area contributed by atoms with Crippen molar-refractivity contribution in [1.82, 2.24) is 10.3 Å². The van der Waals surface area contributed by atoms with E-state index in [4.69, 9.17) is 0 Å². The number of aromatic nitrogens is 1. The first-order chi connectivity index (χ1) is 9.28. The van der Waals surface area contributed by atoms with Crippen LogP contribution < -0.4 is 5.32 Å². The molecule has 0 aliphatic carbocycles. The van der Waals surface area contributed by atoms with Crippen LogP contribution in [0.15, 0.2) is 22.9 Å². The van der Waals surface area contributed by atoms with Gasteiger partial charge in [-0.3, -0.25) is 4.98 Å². The van der Waals surface area contributed by atoms with Gasteiger partial charge in [0.1, 0.15) is 0 Å². The molecule has 1 fully saturated rings. The van der Waals surface area contributed by atoms with Crippen LogP contribution in [0, 0.1) is 5.92 Å². The van der Waals surface area contributed by atoms with Gasteiger partial charge in [0.15, 0.2) is 0 Å². The molecule has 1 N–H and O–H groups in total. The summed E-state index contributed by atoms with van der Waals surface area (Å²) in [5, 5.41) is 3.65. The van der Waals surface area contributed by atoms with E-state index in [9.17, 15) is 0 Å². The number of hydrogen-bond acceptors (Lipinski definition) is 3. The summed E-state index contributed by atoms with van der Waals surface area (Å²) in [5.41, 5.74) is 1.32. The standard InChI is InChI=1S/C15H23BrN2S/c1-2-18-15(8-12-3-5-19-6-4-12)9-13-7-14(16)11-17-10-13/h7,10-12,15,18H,2-6,8-9H2,1H3. The molecule has 1 atom stereocenters. The first-order valence-electron chi connectivity index (χ1n) is 7.18. The van der Waals surface area contributed by atoms with Crippen molar-refractivity contribution in [3.63, 3.8) is 0 Å². The third-order valence-corrected chi connectivity index (χ3v) is 5.18. The summed E-state index contributed by atoms with van der Waals surface area (Å²) < 4.78 is 1.08. The average molecular weight is 343 g/mol. The maximum atomic E-state index is 4.27. The third-order valence-electron chi connectivity index (χ3n) is 3.70. The lowest BCUT2D eigenvalue weighted by Gasteiger charge is -2.27. The van der Waals surface area contributed by atoms with Crippen molar-refractivity contribution < 1.29 is 0 Å². The number of nitrogens with zero attached hydrogens (tertiary/aromatic N) is 1. The van der Waals surface area contributed by atoms with Crippen LogP contribution in [0.25, 0.3) is 0 Å². The van der Waals surface area contributed by atoms with Crippen LogP contribution in [0.1, 0.15) is 31.7 Å². The van der Waals surface area contributed by atoms with Crippen molar-refractivity contribution >= 4 is 27.7 Å². The average Bonchev–Trinajstić information content (AvgIpc) is 2.40. The highest BCUT2D eigenvalue weighted by Crippen LogP contribution is 2.27. The third kappa shape index (κ3) is 5.44. The Labute approximate surface area is 129 Å². The summed E-state index contributed by atoms with van der Waals surface area (Å²) in [6.07, 6.45) is 9.02. The molecule has 2 heterocycles. The lowest BCUT2D eigenvalue weighted by molar-refractivity contribution is 0.366. The quantitative estimate of drug-likeness (QED) is 0.848. The molecule has 0 radical (unpaired) electrons. The lowest BCUT2D eigenvalue weighted by atomic mass is 9.91. The van der Waals surface area contributed by atoms with E-state index in [1.54, 1.807) is 0 Å². The van der Waals surface area contributed by atoms with Crippen LogP contribution in [0.4, 0.5) is 0 Å². The van der Waals surface area contributed by atoms with E-state index in [0.717, 1.165) is 23.4 Å². The van der Waals surface area contributed by atoms with Crippen LogP contribution in [-0.4, -0.2) is 29.1 Å². The van der Waals surface area contributed by atoms with E-state index < -0.39 is 0 Å². The number of likely N-dealkylation sites (N-methyl/N-ethyl adjacent to an activating group) is 1. The van der Waals surface area contributed by atoms with Crippen molar-refractivity contribution in [2.24, 2.45) is 5.92 Å². The normalized spacial score (nSPS) is 18.4. The van der Waals surface area contributed by atoms with Gasteiger partial charge >= 0.3 is 0 Å². The van der Waals surface area contributed by atoms with Crippen molar-refractivity contribution in [3.8, 4) is 0 Å². The fourth-order valence-electron chi connectivity index (χ4n) is 2.76. The summed E-state index contributed by atoms with van der Waals surface area (Å²) >= 11 is 5.61. The molecule has 2 nitrogen and oxygen atoms in total. The molecule has 4 heteroatoms. The first kappa shape index (κ1) is 15.3. The number of thioether (sulfide) groups is 1. The summed E-state index contributed by atoms with van der Waals surface area (Å²) in [7, 11) is 0. The van der Waals surface area contributed by atoms with Crippen molar-refractivity contribution in [3.05, 3.63) is 28.5 Å². The molecule has 1 aromatic rings. The van der Waals surface area contributed by atoms with E-state index in [2.05, 4.69) is 51.0 Å². The highest BCUT2D eigenvalue weighted by Gasteiger charge is 2.19. The topological polar surface area (TPSA) is 24.9 Å². The van der Waals surface area contributed by atoms with Gasteiger partial charge in [-0.1, -0.05) is 6.92 Å². The molecule has 0 amide bonds. The zero-order valence-electron chi connectivity index (χ0n) is 11.6. The lowest BCUT2D eigenvalue weighted by Crippen LogP contribution is -2.33. The summed E-state index contributed by atoms with van der Waals surface area (Å²) in [4.78, 5) is 4.27. The zero-order chi connectivity index (χ0) is 13.5. The molecule has 2 rings (SSSR count). The van der Waals surface area contributed by atoms with Gasteiger partial charge in [-0.15, -0.1) is 0 Å². The second-order valence-electron chi connectivity index (χ2n) is 5.26. The Morgan fingerprint density at radius 3 is 2.89 bits per heavy atom. The minimum Gasteiger partial charge on any atom is -0.314 e. The molecular formula is C15H23BrN2S. The minimum atomic E-state index is 0.592. The van der Waals surface area contributed by atoms with Gasteiger partial charge in [0, 0.05) is 22.9 Å². The van der Waals surface area contributed by atoms with Crippen LogP contribution in [0.2, 0.25) is 0 Å². The fraction of sp³-hybridized carbons (Fsp3) is 0.667. The monoisotopic (exact) mass is 342 g/mol. The molecule has 106 valence electrons. The van der Waals surface area contributed by atoms with E-state index in [-0.39, 0.29) is 0 Å². The molecule has 1 saturated heterocycles. The number of pyridine rings is 1. The van der Waals surface area contributed by atoms with Gasteiger partial charge in [-0.2, -0.15) is 11.8 Å². The Morgan fingerprint density at radius 1 is 1.42 bits per heavy atom. The molecule has 1 unspecified atom stereocenters. The Morgan fingerprint density at radius 2 is 2.21 bits per heavy atom. The molecule has 0 spiro atoms. The molecule has 1 aromatic heterocycles. The van der Waals surface area contributed by atoms with E-state index in [1.807, 2.05) is 12.4 Å². The summed E-state index contributed by atoms with van der Waals surface area (Å²) in [6.45, 7) is 3.25. The highest BCUT2D eigenvalue weighted by atomic mass is 79.9. The molecule has 0 aromatic carbocycles. The van der Waals surface area contributed by atoms with Crippen LogP contribution in [-0.2, 0) is 6.42 Å². The Hall–Kier alpha value is -0.0600. The van der Waals surface area contributed by atoms with Crippen molar-refractivity contribution in [1.29, 1.82) is 0 Å². The molecular weight excluding hydrogens is 320 g/mol. The molecule has 1 aliphatic rings. The van der Waals surface area contributed by atoms with E-state index >= 15 is 0 Å². The van der Waals surface area contributed by atoms with Gasteiger partial charge in [-0.25, -0.2) is 0 Å². The Kier molecular flexibility index (Phi) is 6.68. The van der Waals surface area contributed by atoms with Crippen LogP contribution >= 0.6 is 27.7 Å². The van der Waals surface area contributed by atoms with Gasteiger partial charge < -0.3 is 5.32 Å². The van der Waals surface area contributed by atoms with Crippen LogP contribution in [0.3, 0.4) is 0 Å². The SMILES string of the molecule is CCNC(Cc1cncc(Br)c1)CC1CCSCC1. The number of nitrogens with one attached hydrogen (secondary N) is 1. The number of rotatable bonds is 6. The highest BCUT2D eigenvalue weighted by molar-refractivity contribution is 9.10. The summed E-state index contributed by atoms with van der Waals surface area (Å²) in [5.74, 6) is 3.61. The maximum absolute atomic E-state index is 4.27. The fourth-order valence-corrected chi connectivity index (χ4v) is 4.38. The maximum Gasteiger partial charge on any atom is 0.0410 e. The van der Waals surface area contributed by atoms with Gasteiger partial charge in [0.25, 0.3) is 0 Å². The minimum absolute atomic E-state index is 0.592. The van der Waals surface area contributed by atoms with E-state index in [1.165, 1.54) is 36.3 Å². The van der Waals surface area contributed by atoms with E-state index in [0.29, 0.717) is 6.04 Å². The van der Waals surface area contributed by atoms with Gasteiger partial charge in [0.2, 0.25) is 0 Å². The number of halogens is 1. The predicted octanol–water partition coefficient (Wildman–Crippen LogP) is 3.90. The second-order valence-corrected chi connectivity index (χ2v) is 7.40. The van der Waals surface area contributed by atoms with Crippen molar-refractivity contribution in [2.75, 3.05) is 18.1 Å². The van der Waals surface area contributed by atoms with Crippen molar-refractivity contribution in [2.45, 2.75) is 38.6 Å². The number of hydrogen-bond donors (Lipinski definition) is 1. The predicted molar refractivity (Wildman–Crippen MR) is 87.8 cm³/mol. The van der Waals surface area contributed by atoms with Gasteiger partial charge in [0.05, 0.1) is 0 Å². The van der Waals surface area contributed by atoms with Gasteiger partial charge in [-0.05, 0) is 77.2 Å². The Bertz CT molecular complexity index is 380. The Balaban J connectivity index is 1.91. The van der Waals surface area contributed by atoms with Crippen LogP contribution in [0.5, 0.6) is 0 Å². The molecule has 1 aliphatic heterocycles.